The Morgan fingerprint density at radius 2 is 1.93 bits per heavy atom. The normalized spacial score (nSPS) is 17.6. The first-order valence-corrected chi connectivity index (χ1v) is 9.02. The summed E-state index contributed by atoms with van der Waals surface area (Å²) in [6, 6.07) is 12.7. The molecule has 146 valence electrons. The highest BCUT2D eigenvalue weighted by molar-refractivity contribution is 5.90. The van der Waals surface area contributed by atoms with Crippen LogP contribution in [0.3, 0.4) is 0 Å². The molecular formula is C21H19F3N2O2. The van der Waals surface area contributed by atoms with E-state index in [2.05, 4.69) is 4.98 Å². The Morgan fingerprint density at radius 3 is 2.64 bits per heavy atom. The Balaban J connectivity index is 1.74. The first-order chi connectivity index (χ1) is 13.4. The Labute approximate surface area is 159 Å². The van der Waals surface area contributed by atoms with Crippen molar-refractivity contribution in [3.63, 3.8) is 0 Å². The van der Waals surface area contributed by atoms with Gasteiger partial charge in [0.15, 0.2) is 0 Å². The van der Waals surface area contributed by atoms with Crippen molar-refractivity contribution in [1.29, 1.82) is 0 Å². The molecule has 7 heteroatoms. The molecule has 1 aliphatic heterocycles. The van der Waals surface area contributed by atoms with Crippen molar-refractivity contribution in [2.24, 2.45) is 0 Å². The molecule has 1 aromatic heterocycles. The molecule has 0 saturated heterocycles. The number of hydrogen-bond acceptors (Lipinski definition) is 2. The molecule has 1 N–H and O–H groups in total. The Hall–Kier alpha value is -2.96. The third-order valence-corrected chi connectivity index (χ3v) is 5.21. The molecule has 28 heavy (non-hydrogen) atoms. The van der Waals surface area contributed by atoms with E-state index in [1.54, 1.807) is 49.5 Å². The molecule has 3 aromatic rings. The largest absolute Gasteiger partial charge is 0.491 e. The van der Waals surface area contributed by atoms with E-state index in [1.807, 2.05) is 12.1 Å². The fraction of sp³-hybridized carbons (Fsp3) is 0.286. The first kappa shape index (κ1) is 18.4. The van der Waals surface area contributed by atoms with E-state index in [0.717, 1.165) is 21.4 Å². The quantitative estimate of drug-likeness (QED) is 0.711. The van der Waals surface area contributed by atoms with Crippen molar-refractivity contribution in [3.05, 3.63) is 65.9 Å². The Kier molecular flexibility index (Phi) is 4.53. The van der Waals surface area contributed by atoms with Gasteiger partial charge in [0.1, 0.15) is 12.4 Å². The van der Waals surface area contributed by atoms with Gasteiger partial charge in [0.05, 0.1) is 12.1 Å². The standard InChI is InChI=1S/C21H19F3N2O2/c1-13(14-6-3-2-4-7-14)26(20(27)21(22,23)24)16-10-15-11-25-17-8-5-9-18(19(15)17)28-12-16/h2-9,11,13,16,25H,10,12H2,1H3/t13-,16?/m1/s1. The summed E-state index contributed by atoms with van der Waals surface area (Å²) in [5.41, 5.74) is 2.34. The van der Waals surface area contributed by atoms with Crippen molar-refractivity contribution >= 4 is 16.8 Å². The van der Waals surface area contributed by atoms with Crippen LogP contribution in [0, 0.1) is 0 Å². The van der Waals surface area contributed by atoms with E-state index in [9.17, 15) is 18.0 Å². The number of hydrogen-bond donors (Lipinski definition) is 1. The lowest BCUT2D eigenvalue weighted by Gasteiger charge is -2.36. The van der Waals surface area contributed by atoms with Crippen molar-refractivity contribution in [2.75, 3.05) is 6.61 Å². The highest BCUT2D eigenvalue weighted by atomic mass is 19.4. The van der Waals surface area contributed by atoms with Crippen molar-refractivity contribution < 1.29 is 22.7 Å². The van der Waals surface area contributed by atoms with Crippen LogP contribution in [0.4, 0.5) is 13.2 Å². The molecule has 1 unspecified atom stereocenters. The van der Waals surface area contributed by atoms with Gasteiger partial charge in [-0.3, -0.25) is 4.79 Å². The lowest BCUT2D eigenvalue weighted by molar-refractivity contribution is -0.191. The van der Waals surface area contributed by atoms with Crippen LogP contribution < -0.4 is 4.74 Å². The highest BCUT2D eigenvalue weighted by Gasteiger charge is 2.47. The molecule has 0 fully saturated rings. The number of benzene rings is 2. The monoisotopic (exact) mass is 388 g/mol. The average Bonchev–Trinajstić information content (AvgIpc) is 2.99. The van der Waals surface area contributed by atoms with Gasteiger partial charge in [-0.05, 0) is 36.6 Å². The maximum absolute atomic E-state index is 13.4. The van der Waals surface area contributed by atoms with Gasteiger partial charge < -0.3 is 14.6 Å². The summed E-state index contributed by atoms with van der Waals surface area (Å²) in [7, 11) is 0. The molecule has 2 aromatic carbocycles. The number of carbonyl (C=O) groups excluding carboxylic acids is 1. The van der Waals surface area contributed by atoms with Crippen molar-refractivity contribution in [2.45, 2.75) is 31.6 Å². The summed E-state index contributed by atoms with van der Waals surface area (Å²) >= 11 is 0. The van der Waals surface area contributed by atoms with Crippen molar-refractivity contribution in [3.8, 4) is 5.75 Å². The third-order valence-electron chi connectivity index (χ3n) is 5.21. The van der Waals surface area contributed by atoms with Gasteiger partial charge in [-0.1, -0.05) is 36.4 Å². The molecule has 4 rings (SSSR count). The second-order valence-corrected chi connectivity index (χ2v) is 6.96. The zero-order chi connectivity index (χ0) is 19.9. The lowest BCUT2D eigenvalue weighted by Crippen LogP contribution is -2.51. The number of alkyl halides is 3. The van der Waals surface area contributed by atoms with E-state index < -0.39 is 24.2 Å². The first-order valence-electron chi connectivity index (χ1n) is 9.02. The van der Waals surface area contributed by atoms with E-state index in [4.69, 9.17) is 4.74 Å². The van der Waals surface area contributed by atoms with E-state index >= 15 is 0 Å². The van der Waals surface area contributed by atoms with Crippen LogP contribution in [-0.4, -0.2) is 34.6 Å². The smallest absolute Gasteiger partial charge is 0.471 e. The summed E-state index contributed by atoms with van der Waals surface area (Å²) in [6.45, 7) is 1.61. The molecule has 0 aliphatic carbocycles. The van der Waals surface area contributed by atoms with Gasteiger partial charge in [0, 0.05) is 17.1 Å². The number of nitrogens with zero attached hydrogens (tertiary/aromatic N) is 1. The van der Waals surface area contributed by atoms with E-state index in [-0.39, 0.29) is 13.0 Å². The molecule has 1 aliphatic rings. The minimum atomic E-state index is -4.96. The molecule has 2 heterocycles. The SMILES string of the molecule is C[C@H](c1ccccc1)N(C(=O)C(F)(F)F)C1COc2cccc3[nH]cc(c23)C1. The number of carbonyl (C=O) groups is 1. The summed E-state index contributed by atoms with van der Waals surface area (Å²) < 4.78 is 46.1. The topological polar surface area (TPSA) is 45.3 Å². The van der Waals surface area contributed by atoms with Crippen molar-refractivity contribution in [1.82, 2.24) is 9.88 Å². The van der Waals surface area contributed by atoms with Gasteiger partial charge in [0.25, 0.3) is 0 Å². The molecule has 0 radical (unpaired) electrons. The van der Waals surface area contributed by atoms with Gasteiger partial charge in [0.2, 0.25) is 0 Å². The maximum Gasteiger partial charge on any atom is 0.471 e. The van der Waals surface area contributed by atoms with Gasteiger partial charge in [-0.25, -0.2) is 0 Å². The van der Waals surface area contributed by atoms with E-state index in [0.29, 0.717) is 11.3 Å². The molecule has 4 nitrogen and oxygen atoms in total. The number of aromatic nitrogens is 1. The fourth-order valence-electron chi connectivity index (χ4n) is 3.87. The maximum atomic E-state index is 13.4. The number of aromatic amines is 1. The van der Waals surface area contributed by atoms with Crippen LogP contribution in [0.1, 0.15) is 24.1 Å². The number of halogens is 3. The molecule has 0 bridgehead atoms. The molecular weight excluding hydrogens is 369 g/mol. The summed E-state index contributed by atoms with van der Waals surface area (Å²) in [5.74, 6) is -1.24. The van der Waals surface area contributed by atoms with E-state index in [1.165, 1.54) is 0 Å². The molecule has 0 spiro atoms. The summed E-state index contributed by atoms with van der Waals surface area (Å²) in [4.78, 5) is 16.4. The number of rotatable bonds is 3. The fourth-order valence-corrected chi connectivity index (χ4v) is 3.87. The van der Waals surface area contributed by atoms with Gasteiger partial charge in [-0.15, -0.1) is 0 Å². The predicted octanol–water partition coefficient (Wildman–Crippen LogP) is 4.62. The minimum absolute atomic E-state index is 0.00716. The predicted molar refractivity (Wildman–Crippen MR) is 99.0 cm³/mol. The van der Waals surface area contributed by atoms with Crippen LogP contribution >= 0.6 is 0 Å². The van der Waals surface area contributed by atoms with Crippen LogP contribution in [0.5, 0.6) is 5.75 Å². The number of amides is 1. The summed E-state index contributed by atoms with van der Waals surface area (Å²) in [6.07, 6.45) is -2.91. The number of ether oxygens (including phenoxy) is 1. The molecule has 0 saturated carbocycles. The molecule has 1 amide bonds. The van der Waals surface area contributed by atoms with Crippen LogP contribution in [0.15, 0.2) is 54.7 Å². The molecule has 2 atom stereocenters. The average molecular weight is 388 g/mol. The highest BCUT2D eigenvalue weighted by Crippen LogP contribution is 2.36. The Bertz CT molecular complexity index is 998. The lowest BCUT2D eigenvalue weighted by atomic mass is 10.0. The van der Waals surface area contributed by atoms with Crippen LogP contribution in [-0.2, 0) is 11.2 Å². The zero-order valence-corrected chi connectivity index (χ0v) is 15.2. The van der Waals surface area contributed by atoms with Gasteiger partial charge >= 0.3 is 12.1 Å². The Morgan fingerprint density at radius 1 is 1.18 bits per heavy atom. The minimum Gasteiger partial charge on any atom is -0.491 e. The zero-order valence-electron chi connectivity index (χ0n) is 15.2. The second-order valence-electron chi connectivity index (χ2n) is 6.96. The number of H-pyrrole nitrogens is 1. The summed E-state index contributed by atoms with van der Waals surface area (Å²) in [5, 5.41) is 0.858. The third kappa shape index (κ3) is 3.21. The van der Waals surface area contributed by atoms with Gasteiger partial charge in [-0.2, -0.15) is 13.2 Å². The second kappa shape index (κ2) is 6.89. The number of nitrogens with one attached hydrogen (secondary N) is 1. The van der Waals surface area contributed by atoms with Crippen LogP contribution in [0.2, 0.25) is 0 Å². The van der Waals surface area contributed by atoms with Crippen LogP contribution in [0.25, 0.3) is 10.9 Å².